The molecule has 3 heterocycles. The van der Waals surface area contributed by atoms with Gasteiger partial charge in [0.2, 0.25) is 10.0 Å². The fourth-order valence-corrected chi connectivity index (χ4v) is 5.50. The molecule has 1 aromatic heterocycles. The standard InChI is InChI=1S/C22H20N2O6S/c25-21(18-14-16-3-1-2-4-20(16)30-22(18)26)24-8-7-15-13-17(5-6-19(15)24)31(27,28)23-9-11-29-12-10-23/h1-6,13-14H,7-12H2. The lowest BCUT2D eigenvalue weighted by Gasteiger charge is -2.26. The van der Waals surface area contributed by atoms with Crippen LogP contribution in [0.5, 0.6) is 0 Å². The average molecular weight is 440 g/mol. The molecule has 2 aromatic carbocycles. The van der Waals surface area contributed by atoms with E-state index in [2.05, 4.69) is 0 Å². The summed E-state index contributed by atoms with van der Waals surface area (Å²) in [7, 11) is -3.62. The second-order valence-electron chi connectivity index (χ2n) is 7.50. The van der Waals surface area contributed by atoms with Crippen molar-refractivity contribution in [3.05, 3.63) is 70.1 Å². The molecular weight excluding hydrogens is 420 g/mol. The summed E-state index contributed by atoms with van der Waals surface area (Å²) in [4.78, 5) is 27.2. The number of carbonyl (C=O) groups is 1. The fraction of sp³-hybridized carbons (Fsp3) is 0.273. The van der Waals surface area contributed by atoms with Gasteiger partial charge in [0.1, 0.15) is 11.1 Å². The van der Waals surface area contributed by atoms with E-state index in [0.29, 0.717) is 55.9 Å². The second kappa shape index (κ2) is 7.60. The Labute approximate surface area is 178 Å². The number of para-hydroxylation sites is 1. The maximum atomic E-state index is 13.1. The Morgan fingerprint density at radius 1 is 0.968 bits per heavy atom. The van der Waals surface area contributed by atoms with E-state index in [1.54, 1.807) is 42.5 Å². The summed E-state index contributed by atoms with van der Waals surface area (Å²) in [6, 6.07) is 13.3. The summed E-state index contributed by atoms with van der Waals surface area (Å²) in [5, 5.41) is 0.664. The average Bonchev–Trinajstić information content (AvgIpc) is 3.22. The number of anilines is 1. The van der Waals surface area contributed by atoms with Gasteiger partial charge in [0.25, 0.3) is 5.91 Å². The first-order valence-corrected chi connectivity index (χ1v) is 11.4. The van der Waals surface area contributed by atoms with Crippen molar-refractivity contribution in [3.8, 4) is 0 Å². The summed E-state index contributed by atoms with van der Waals surface area (Å²) in [5.41, 5.74) is 1.05. The monoisotopic (exact) mass is 440 g/mol. The van der Waals surface area contributed by atoms with Gasteiger partial charge in [-0.3, -0.25) is 4.79 Å². The van der Waals surface area contributed by atoms with Crippen LogP contribution in [0, 0.1) is 0 Å². The highest BCUT2D eigenvalue weighted by molar-refractivity contribution is 7.89. The van der Waals surface area contributed by atoms with Crippen LogP contribution in [0.4, 0.5) is 5.69 Å². The second-order valence-corrected chi connectivity index (χ2v) is 9.44. The third-order valence-electron chi connectivity index (χ3n) is 5.67. The minimum atomic E-state index is -3.62. The van der Waals surface area contributed by atoms with E-state index in [0.717, 1.165) is 5.56 Å². The molecule has 0 N–H and O–H groups in total. The zero-order chi connectivity index (χ0) is 21.6. The Balaban J connectivity index is 1.47. The molecular formula is C22H20N2O6S. The molecule has 1 fully saturated rings. The van der Waals surface area contributed by atoms with Crippen molar-refractivity contribution in [2.75, 3.05) is 37.7 Å². The van der Waals surface area contributed by atoms with Gasteiger partial charge in [-0.25, -0.2) is 13.2 Å². The number of morpholine rings is 1. The minimum Gasteiger partial charge on any atom is -0.422 e. The molecule has 0 saturated carbocycles. The first-order chi connectivity index (χ1) is 14.9. The van der Waals surface area contributed by atoms with Crippen LogP contribution in [0.25, 0.3) is 11.0 Å². The lowest BCUT2D eigenvalue weighted by Crippen LogP contribution is -2.40. The zero-order valence-electron chi connectivity index (χ0n) is 16.6. The first-order valence-electron chi connectivity index (χ1n) is 10.0. The van der Waals surface area contributed by atoms with Crippen LogP contribution in [0.1, 0.15) is 15.9 Å². The molecule has 8 nitrogen and oxygen atoms in total. The number of benzene rings is 2. The maximum absolute atomic E-state index is 13.1. The topological polar surface area (TPSA) is 97.1 Å². The normalized spacial score (nSPS) is 17.1. The van der Waals surface area contributed by atoms with Crippen molar-refractivity contribution >= 4 is 32.6 Å². The third kappa shape index (κ3) is 3.44. The van der Waals surface area contributed by atoms with Crippen LogP contribution in [-0.4, -0.2) is 51.5 Å². The van der Waals surface area contributed by atoms with E-state index in [4.69, 9.17) is 9.15 Å². The Bertz CT molecular complexity index is 1340. The molecule has 9 heteroatoms. The van der Waals surface area contributed by atoms with E-state index >= 15 is 0 Å². The highest BCUT2D eigenvalue weighted by Gasteiger charge is 2.31. The van der Waals surface area contributed by atoms with Gasteiger partial charge in [0.15, 0.2) is 0 Å². The largest absolute Gasteiger partial charge is 0.422 e. The molecule has 1 saturated heterocycles. The van der Waals surface area contributed by atoms with E-state index in [9.17, 15) is 18.0 Å². The molecule has 2 aliphatic heterocycles. The lowest BCUT2D eigenvalue weighted by molar-refractivity contribution is 0.0730. The lowest BCUT2D eigenvalue weighted by atomic mass is 10.1. The smallest absolute Gasteiger partial charge is 0.349 e. The van der Waals surface area contributed by atoms with Crippen molar-refractivity contribution in [2.45, 2.75) is 11.3 Å². The molecule has 0 spiro atoms. The van der Waals surface area contributed by atoms with Gasteiger partial charge in [0, 0.05) is 30.7 Å². The van der Waals surface area contributed by atoms with E-state index in [-0.39, 0.29) is 10.5 Å². The molecule has 31 heavy (non-hydrogen) atoms. The van der Waals surface area contributed by atoms with Gasteiger partial charge in [-0.2, -0.15) is 4.31 Å². The molecule has 2 aliphatic rings. The van der Waals surface area contributed by atoms with Crippen LogP contribution < -0.4 is 10.5 Å². The molecule has 0 atom stereocenters. The molecule has 3 aromatic rings. The van der Waals surface area contributed by atoms with Crippen LogP contribution in [0.3, 0.4) is 0 Å². The Morgan fingerprint density at radius 3 is 2.55 bits per heavy atom. The van der Waals surface area contributed by atoms with Crippen molar-refractivity contribution in [2.24, 2.45) is 0 Å². The van der Waals surface area contributed by atoms with Gasteiger partial charge in [-0.15, -0.1) is 0 Å². The fourth-order valence-electron chi connectivity index (χ4n) is 4.04. The maximum Gasteiger partial charge on any atom is 0.349 e. The van der Waals surface area contributed by atoms with Crippen LogP contribution >= 0.6 is 0 Å². The highest BCUT2D eigenvalue weighted by Crippen LogP contribution is 2.32. The number of carbonyl (C=O) groups excluding carboxylic acids is 1. The van der Waals surface area contributed by atoms with Gasteiger partial charge >= 0.3 is 5.63 Å². The van der Waals surface area contributed by atoms with Crippen LogP contribution in [0.2, 0.25) is 0 Å². The predicted molar refractivity (Wildman–Crippen MR) is 114 cm³/mol. The van der Waals surface area contributed by atoms with Gasteiger partial charge < -0.3 is 14.1 Å². The zero-order valence-corrected chi connectivity index (χ0v) is 17.4. The third-order valence-corrected chi connectivity index (χ3v) is 7.57. The summed E-state index contributed by atoms with van der Waals surface area (Å²) < 4.78 is 37.8. The molecule has 0 radical (unpaired) electrons. The molecule has 1 amide bonds. The highest BCUT2D eigenvalue weighted by atomic mass is 32.2. The summed E-state index contributed by atoms with van der Waals surface area (Å²) in [6.07, 6.45) is 0.506. The predicted octanol–water partition coefficient (Wildman–Crippen LogP) is 2.02. The first kappa shape index (κ1) is 19.9. The van der Waals surface area contributed by atoms with Crippen molar-refractivity contribution in [1.82, 2.24) is 4.31 Å². The van der Waals surface area contributed by atoms with Crippen molar-refractivity contribution in [1.29, 1.82) is 0 Å². The van der Waals surface area contributed by atoms with Crippen molar-refractivity contribution in [3.63, 3.8) is 0 Å². The number of amides is 1. The van der Waals surface area contributed by atoms with E-state index < -0.39 is 21.6 Å². The molecule has 0 bridgehead atoms. The minimum absolute atomic E-state index is 0.0448. The molecule has 160 valence electrons. The summed E-state index contributed by atoms with van der Waals surface area (Å²) >= 11 is 0. The Morgan fingerprint density at radius 2 is 1.74 bits per heavy atom. The molecule has 0 aliphatic carbocycles. The quantitative estimate of drug-likeness (QED) is 0.578. The van der Waals surface area contributed by atoms with Gasteiger partial charge in [-0.05, 0) is 42.3 Å². The number of hydrogen-bond donors (Lipinski definition) is 0. The van der Waals surface area contributed by atoms with Crippen LogP contribution in [-0.2, 0) is 21.2 Å². The summed E-state index contributed by atoms with van der Waals surface area (Å²) in [6.45, 7) is 1.76. The molecule has 5 rings (SSSR count). The number of fused-ring (bicyclic) bond motifs is 2. The number of ether oxygens (including phenoxy) is 1. The van der Waals surface area contributed by atoms with Gasteiger partial charge in [-0.1, -0.05) is 18.2 Å². The van der Waals surface area contributed by atoms with Crippen molar-refractivity contribution < 1.29 is 22.4 Å². The SMILES string of the molecule is O=C(c1cc2ccccc2oc1=O)N1CCc2cc(S(=O)(=O)N3CCOCC3)ccc21. The Hall–Kier alpha value is -3.01. The van der Waals surface area contributed by atoms with Crippen LogP contribution in [0.15, 0.2) is 62.6 Å². The van der Waals surface area contributed by atoms with E-state index in [1.165, 1.54) is 15.3 Å². The van der Waals surface area contributed by atoms with Gasteiger partial charge in [0.05, 0.1) is 18.1 Å². The molecule has 0 unspecified atom stereocenters. The number of hydrogen-bond acceptors (Lipinski definition) is 6. The Kier molecular flexibility index (Phi) is 4.88. The van der Waals surface area contributed by atoms with E-state index in [1.807, 2.05) is 0 Å². The number of nitrogens with zero attached hydrogens (tertiary/aromatic N) is 2. The summed E-state index contributed by atoms with van der Waals surface area (Å²) in [5.74, 6) is -0.456. The number of rotatable bonds is 3. The number of sulfonamides is 1.